The SMILES string of the molecule is COCC1=NN(c2nc(C)cc(C)n2)C(=O)C1. The number of carbonyl (C=O) groups is 1. The highest BCUT2D eigenvalue weighted by molar-refractivity contribution is 6.12. The van der Waals surface area contributed by atoms with Crippen molar-refractivity contribution >= 4 is 17.6 Å². The molecule has 17 heavy (non-hydrogen) atoms. The molecule has 0 unspecified atom stereocenters. The number of hydrazone groups is 1. The van der Waals surface area contributed by atoms with Crippen LogP contribution in [0.4, 0.5) is 5.95 Å². The zero-order valence-electron chi connectivity index (χ0n) is 10.1. The Balaban J connectivity index is 2.30. The molecule has 1 aliphatic heterocycles. The summed E-state index contributed by atoms with van der Waals surface area (Å²) in [6.45, 7) is 4.07. The van der Waals surface area contributed by atoms with E-state index in [0.29, 0.717) is 18.3 Å². The number of aryl methyl sites for hydroxylation is 2. The first kappa shape index (κ1) is 11.7. The first-order valence-electron chi connectivity index (χ1n) is 5.30. The van der Waals surface area contributed by atoms with Crippen LogP contribution in [-0.2, 0) is 9.53 Å². The van der Waals surface area contributed by atoms with E-state index in [1.165, 1.54) is 5.01 Å². The summed E-state index contributed by atoms with van der Waals surface area (Å²) in [5.41, 5.74) is 2.33. The van der Waals surface area contributed by atoms with Crippen molar-refractivity contribution in [2.45, 2.75) is 20.3 Å². The molecule has 0 radical (unpaired) electrons. The largest absolute Gasteiger partial charge is 0.379 e. The maximum absolute atomic E-state index is 11.8. The first-order valence-corrected chi connectivity index (χ1v) is 5.30. The normalized spacial score (nSPS) is 15.4. The molecule has 0 saturated heterocycles. The van der Waals surface area contributed by atoms with Crippen LogP contribution in [0.2, 0.25) is 0 Å². The molecule has 2 rings (SSSR count). The standard InChI is InChI=1S/C11H14N4O2/c1-7-4-8(2)13-11(12-7)15-10(16)5-9(14-15)6-17-3/h4H,5-6H2,1-3H3. The molecule has 0 aromatic carbocycles. The number of rotatable bonds is 3. The Kier molecular flexibility index (Phi) is 3.14. The predicted molar refractivity (Wildman–Crippen MR) is 62.9 cm³/mol. The monoisotopic (exact) mass is 234 g/mol. The molecule has 1 aromatic heterocycles. The van der Waals surface area contributed by atoms with Gasteiger partial charge in [0, 0.05) is 18.5 Å². The molecule has 0 bridgehead atoms. The average molecular weight is 234 g/mol. The van der Waals surface area contributed by atoms with Gasteiger partial charge in [-0.05, 0) is 19.9 Å². The Morgan fingerprint density at radius 1 is 1.35 bits per heavy atom. The molecule has 2 heterocycles. The molecule has 6 nitrogen and oxygen atoms in total. The molecule has 0 fully saturated rings. The highest BCUT2D eigenvalue weighted by atomic mass is 16.5. The van der Waals surface area contributed by atoms with E-state index in [-0.39, 0.29) is 12.3 Å². The minimum Gasteiger partial charge on any atom is -0.379 e. The van der Waals surface area contributed by atoms with E-state index in [1.54, 1.807) is 7.11 Å². The van der Waals surface area contributed by atoms with Crippen LogP contribution in [0.1, 0.15) is 17.8 Å². The van der Waals surface area contributed by atoms with Crippen LogP contribution in [0.15, 0.2) is 11.2 Å². The van der Waals surface area contributed by atoms with Gasteiger partial charge in [0.25, 0.3) is 11.9 Å². The van der Waals surface area contributed by atoms with E-state index in [0.717, 1.165) is 11.4 Å². The van der Waals surface area contributed by atoms with Gasteiger partial charge in [-0.25, -0.2) is 9.97 Å². The summed E-state index contributed by atoms with van der Waals surface area (Å²) in [7, 11) is 1.57. The lowest BCUT2D eigenvalue weighted by Gasteiger charge is -2.10. The summed E-state index contributed by atoms with van der Waals surface area (Å²) in [4.78, 5) is 20.2. The van der Waals surface area contributed by atoms with Crippen LogP contribution < -0.4 is 5.01 Å². The molecule has 0 N–H and O–H groups in total. The number of anilines is 1. The van der Waals surface area contributed by atoms with Gasteiger partial charge >= 0.3 is 0 Å². The van der Waals surface area contributed by atoms with E-state index >= 15 is 0 Å². The number of nitrogens with zero attached hydrogens (tertiary/aromatic N) is 4. The van der Waals surface area contributed by atoms with Gasteiger partial charge in [0.05, 0.1) is 18.7 Å². The molecule has 1 amide bonds. The second kappa shape index (κ2) is 4.58. The second-order valence-corrected chi connectivity index (χ2v) is 3.93. The Labute approximate surface area is 99.3 Å². The van der Waals surface area contributed by atoms with Crippen molar-refractivity contribution in [2.24, 2.45) is 5.10 Å². The van der Waals surface area contributed by atoms with Gasteiger partial charge in [0.2, 0.25) is 0 Å². The van der Waals surface area contributed by atoms with Crippen LogP contribution in [-0.4, -0.2) is 35.3 Å². The zero-order chi connectivity index (χ0) is 12.4. The van der Waals surface area contributed by atoms with E-state index in [1.807, 2.05) is 19.9 Å². The Morgan fingerprint density at radius 2 is 2.00 bits per heavy atom. The Morgan fingerprint density at radius 3 is 2.59 bits per heavy atom. The molecule has 0 spiro atoms. The third kappa shape index (κ3) is 2.47. The lowest BCUT2D eigenvalue weighted by molar-refractivity contribution is -0.117. The minimum atomic E-state index is -0.123. The lowest BCUT2D eigenvalue weighted by atomic mass is 10.3. The summed E-state index contributed by atoms with van der Waals surface area (Å²) in [6, 6.07) is 1.85. The summed E-state index contributed by atoms with van der Waals surface area (Å²) >= 11 is 0. The third-order valence-corrected chi connectivity index (χ3v) is 2.30. The average Bonchev–Trinajstić information content (AvgIpc) is 2.58. The fourth-order valence-electron chi connectivity index (χ4n) is 1.69. The van der Waals surface area contributed by atoms with Gasteiger partial charge in [-0.3, -0.25) is 4.79 Å². The van der Waals surface area contributed by atoms with Crippen molar-refractivity contribution in [3.63, 3.8) is 0 Å². The summed E-state index contributed by atoms with van der Waals surface area (Å²) in [5.74, 6) is 0.209. The lowest BCUT2D eigenvalue weighted by Crippen LogP contribution is -2.22. The van der Waals surface area contributed by atoms with Crippen molar-refractivity contribution in [3.8, 4) is 0 Å². The van der Waals surface area contributed by atoms with Gasteiger partial charge in [0.1, 0.15) is 0 Å². The van der Waals surface area contributed by atoms with Crippen LogP contribution in [0.25, 0.3) is 0 Å². The summed E-state index contributed by atoms with van der Waals surface area (Å²) in [6.07, 6.45) is 0.268. The number of amides is 1. The third-order valence-electron chi connectivity index (χ3n) is 2.30. The first-order chi connectivity index (χ1) is 8.10. The van der Waals surface area contributed by atoms with Gasteiger partial charge in [-0.2, -0.15) is 10.1 Å². The smallest absolute Gasteiger partial charge is 0.255 e. The molecule has 6 heteroatoms. The Hall–Kier alpha value is -1.82. The highest BCUT2D eigenvalue weighted by Gasteiger charge is 2.27. The maximum atomic E-state index is 11.8. The van der Waals surface area contributed by atoms with Crippen molar-refractivity contribution in [1.29, 1.82) is 0 Å². The van der Waals surface area contributed by atoms with Crippen LogP contribution in [0, 0.1) is 13.8 Å². The van der Waals surface area contributed by atoms with Gasteiger partial charge in [-0.15, -0.1) is 0 Å². The van der Waals surface area contributed by atoms with Gasteiger partial charge < -0.3 is 4.74 Å². The number of ether oxygens (including phenoxy) is 1. The second-order valence-electron chi connectivity index (χ2n) is 3.93. The van der Waals surface area contributed by atoms with Gasteiger partial charge in [0.15, 0.2) is 0 Å². The molecule has 0 saturated carbocycles. The molecular weight excluding hydrogens is 220 g/mol. The molecule has 90 valence electrons. The van der Waals surface area contributed by atoms with E-state index in [2.05, 4.69) is 15.1 Å². The zero-order valence-corrected chi connectivity index (χ0v) is 10.1. The van der Waals surface area contributed by atoms with Crippen molar-refractivity contribution < 1.29 is 9.53 Å². The fraction of sp³-hybridized carbons (Fsp3) is 0.455. The number of aromatic nitrogens is 2. The van der Waals surface area contributed by atoms with E-state index in [4.69, 9.17) is 4.74 Å². The number of carbonyl (C=O) groups excluding carboxylic acids is 1. The van der Waals surface area contributed by atoms with Gasteiger partial charge in [-0.1, -0.05) is 0 Å². The van der Waals surface area contributed by atoms with Crippen molar-refractivity contribution in [3.05, 3.63) is 17.5 Å². The number of hydrogen-bond donors (Lipinski definition) is 0. The summed E-state index contributed by atoms with van der Waals surface area (Å²) in [5, 5.41) is 5.41. The molecule has 1 aromatic rings. The quantitative estimate of drug-likeness (QED) is 0.777. The Bertz CT molecular complexity index is 464. The van der Waals surface area contributed by atoms with Crippen molar-refractivity contribution in [1.82, 2.24) is 9.97 Å². The molecule has 1 aliphatic rings. The molecule has 0 aliphatic carbocycles. The molecule has 0 atom stereocenters. The number of methoxy groups -OCH3 is 1. The molecular formula is C11H14N4O2. The van der Waals surface area contributed by atoms with Crippen LogP contribution in [0.5, 0.6) is 0 Å². The van der Waals surface area contributed by atoms with Crippen LogP contribution in [0.3, 0.4) is 0 Å². The van der Waals surface area contributed by atoms with E-state index in [9.17, 15) is 4.79 Å². The fourth-order valence-corrected chi connectivity index (χ4v) is 1.69. The topological polar surface area (TPSA) is 67.7 Å². The number of hydrogen-bond acceptors (Lipinski definition) is 5. The predicted octanol–water partition coefficient (Wildman–Crippen LogP) is 0.833. The summed E-state index contributed by atoms with van der Waals surface area (Å²) < 4.78 is 4.96. The highest BCUT2D eigenvalue weighted by Crippen LogP contribution is 2.17. The van der Waals surface area contributed by atoms with Crippen LogP contribution >= 0.6 is 0 Å². The minimum absolute atomic E-state index is 0.123. The van der Waals surface area contributed by atoms with E-state index < -0.39 is 0 Å². The maximum Gasteiger partial charge on any atom is 0.255 e. The van der Waals surface area contributed by atoms with Crippen molar-refractivity contribution in [2.75, 3.05) is 18.7 Å².